The van der Waals surface area contributed by atoms with E-state index in [0.717, 1.165) is 23.4 Å². The number of halogens is 4. The van der Waals surface area contributed by atoms with E-state index in [1.54, 1.807) is 10.8 Å². The van der Waals surface area contributed by atoms with Crippen LogP contribution in [-0.2, 0) is 36.0 Å². The molecule has 4 fully saturated rings. The van der Waals surface area contributed by atoms with E-state index < -0.39 is 93.8 Å². The van der Waals surface area contributed by atoms with Crippen molar-refractivity contribution in [3.8, 4) is 0 Å². The summed E-state index contributed by atoms with van der Waals surface area (Å²) in [7, 11) is -11.0. The Morgan fingerprint density at radius 1 is 0.877 bits per heavy atom. The quantitative estimate of drug-likeness (QED) is 0.0853. The normalized spacial score (nSPS) is 20.8. The van der Waals surface area contributed by atoms with Crippen LogP contribution < -0.4 is 15.4 Å². The summed E-state index contributed by atoms with van der Waals surface area (Å²) in [4.78, 5) is 67.0. The average Bonchev–Trinajstić information content (AvgIpc) is 3.51. The van der Waals surface area contributed by atoms with Crippen LogP contribution in [0.2, 0.25) is 0 Å². The molecule has 0 aromatic heterocycles. The van der Waals surface area contributed by atoms with E-state index in [1.807, 2.05) is 30.3 Å². The van der Waals surface area contributed by atoms with Crippen LogP contribution in [0.3, 0.4) is 0 Å². The number of piperazine rings is 1. The van der Waals surface area contributed by atoms with Crippen molar-refractivity contribution in [2.45, 2.75) is 76.6 Å². The Kier molecular flexibility index (Phi) is 12.7. The number of hydrogen-bond donors (Lipinski definition) is 3. The summed E-state index contributed by atoms with van der Waals surface area (Å²) in [5.74, 6) is -4.81. The number of anilines is 1. The minimum atomic E-state index is -6.13. The van der Waals surface area contributed by atoms with E-state index >= 15 is 4.39 Å². The Hall–Kier alpha value is -5.68. The lowest BCUT2D eigenvalue weighted by Gasteiger charge is -2.57. The van der Waals surface area contributed by atoms with Crippen LogP contribution in [0.4, 0.5) is 23.2 Å². The number of hydrogen-bond acceptors (Lipinski definition) is 13. The molecule has 3 unspecified atom stereocenters. The molecule has 0 aliphatic carbocycles. The van der Waals surface area contributed by atoms with Gasteiger partial charge in [0.1, 0.15) is 16.8 Å². The molecule has 0 spiro atoms. The maximum Gasteiger partial charge on any atom is 0.501 e. The highest BCUT2D eigenvalue weighted by Crippen LogP contribution is 2.38. The molecule has 5 heterocycles. The summed E-state index contributed by atoms with van der Waals surface area (Å²) in [6, 6.07) is 19.3. The van der Waals surface area contributed by atoms with Gasteiger partial charge in [-0.3, -0.25) is 44.0 Å². The van der Waals surface area contributed by atoms with E-state index in [9.17, 15) is 54.0 Å². The lowest BCUT2D eigenvalue weighted by atomic mass is 9.86. The summed E-state index contributed by atoms with van der Waals surface area (Å²) in [5, 5.41) is 5.08. The van der Waals surface area contributed by atoms with Gasteiger partial charge in [-0.25, -0.2) is 25.9 Å². The minimum absolute atomic E-state index is 0.0263. The highest BCUT2D eigenvalue weighted by molar-refractivity contribution is 7.99. The molecule has 2 bridgehead atoms. The number of nitrogens with zero attached hydrogens (tertiary/aromatic N) is 3. The second-order valence-electron chi connectivity index (χ2n) is 16.1. The fourth-order valence-corrected chi connectivity index (χ4v) is 11.6. The van der Waals surface area contributed by atoms with Crippen molar-refractivity contribution >= 4 is 66.8 Å². The van der Waals surface area contributed by atoms with Gasteiger partial charge >= 0.3 is 5.51 Å². The van der Waals surface area contributed by atoms with Crippen molar-refractivity contribution in [3.63, 3.8) is 0 Å². The van der Waals surface area contributed by atoms with E-state index in [-0.39, 0.29) is 48.3 Å². The number of nitrogens with one attached hydrogen (secondary N) is 3. The standard InChI is InChI=1S/C43H40F4N6O9S3/c44-33-18-25(17-32-38(33)42(58)53(41(32)57)35-13-14-37(54)49-40(35)56)21-51-22-28-19-29(23-51)52(28)16-15-27(24-63-30-9-5-2-6-10-30)48-34-12-11-31(20-36(34)64(59,60)43(45,46)47)65(61,62)50-39(55)26-7-3-1-4-8-26/h1-12,17-18,20,27-29,35,48H,13-16,19,21-24H2,(H,50,55)(H,49,54,56)/t27-,28?,29?,35?/m1/s1. The van der Waals surface area contributed by atoms with Crippen LogP contribution in [-0.4, -0.2) is 116 Å². The lowest BCUT2D eigenvalue weighted by molar-refractivity contribution is -0.136. The largest absolute Gasteiger partial charge is 0.501 e. The number of rotatable bonds is 15. The van der Waals surface area contributed by atoms with Gasteiger partial charge in [-0.1, -0.05) is 36.4 Å². The second-order valence-corrected chi connectivity index (χ2v) is 20.8. The molecular weight excluding hydrogens is 917 g/mol. The fourth-order valence-electron chi connectivity index (χ4n) is 8.62. The molecule has 4 atom stereocenters. The van der Waals surface area contributed by atoms with E-state index in [2.05, 4.69) is 20.4 Å². The zero-order chi connectivity index (χ0) is 46.4. The number of imide groups is 2. The molecule has 0 radical (unpaired) electrons. The van der Waals surface area contributed by atoms with Crippen LogP contribution in [0.1, 0.15) is 62.3 Å². The highest BCUT2D eigenvalue weighted by Gasteiger charge is 2.50. The summed E-state index contributed by atoms with van der Waals surface area (Å²) in [6.07, 6.45) is 0.995. The molecule has 5 aliphatic rings. The maximum atomic E-state index is 15.5. The van der Waals surface area contributed by atoms with Crippen molar-refractivity contribution in [1.29, 1.82) is 0 Å². The van der Waals surface area contributed by atoms with Gasteiger partial charge in [-0.2, -0.15) is 13.2 Å². The Morgan fingerprint density at radius 2 is 1.55 bits per heavy atom. The first-order valence-corrected chi connectivity index (χ1v) is 24.3. The number of sulfonamides is 1. The summed E-state index contributed by atoms with van der Waals surface area (Å²) < 4.78 is 112. The smallest absolute Gasteiger partial charge is 0.380 e. The van der Waals surface area contributed by atoms with Crippen molar-refractivity contribution < 1.29 is 58.4 Å². The highest BCUT2D eigenvalue weighted by atomic mass is 32.2. The number of amides is 5. The van der Waals surface area contributed by atoms with Gasteiger partial charge in [0, 0.05) is 66.9 Å². The van der Waals surface area contributed by atoms with Crippen LogP contribution in [0.15, 0.2) is 106 Å². The van der Waals surface area contributed by atoms with Gasteiger partial charge < -0.3 is 5.32 Å². The summed E-state index contributed by atoms with van der Waals surface area (Å²) >= 11 is 1.38. The predicted molar refractivity (Wildman–Crippen MR) is 227 cm³/mol. The van der Waals surface area contributed by atoms with Gasteiger partial charge in [0.2, 0.25) is 11.8 Å². The number of carbonyl (C=O) groups excluding carboxylic acids is 5. The van der Waals surface area contributed by atoms with Crippen molar-refractivity contribution in [2.24, 2.45) is 0 Å². The molecule has 4 aromatic carbocycles. The SMILES string of the molecule is O=C1CCC(N2C(=O)c3cc(CN4CC5CC(C4)N5CC[C@H](CSc4ccccc4)Nc4ccc(S(=O)(=O)NC(=O)c5ccccc5)cc4S(=O)(=O)C(F)(F)F)cc(F)c3C2=O)C(=O)N1. The third-order valence-corrected chi connectivity index (χ3v) is 15.8. The first-order valence-electron chi connectivity index (χ1n) is 20.3. The number of carbonyl (C=O) groups is 5. The van der Waals surface area contributed by atoms with Crippen molar-refractivity contribution in [2.75, 3.05) is 30.7 Å². The van der Waals surface area contributed by atoms with E-state index in [0.29, 0.717) is 42.6 Å². The summed E-state index contributed by atoms with van der Waals surface area (Å²) in [6.45, 7) is 1.74. The Bertz CT molecular complexity index is 2790. The molecule has 4 aromatic rings. The number of alkyl halides is 3. The van der Waals surface area contributed by atoms with Gasteiger partial charge in [0.15, 0.2) is 0 Å². The van der Waals surface area contributed by atoms with Crippen LogP contribution in [0, 0.1) is 5.82 Å². The van der Waals surface area contributed by atoms with Gasteiger partial charge in [-0.05, 0) is 79.4 Å². The molecule has 5 aliphatic heterocycles. The second kappa shape index (κ2) is 17.9. The Balaban J connectivity index is 0.966. The maximum absolute atomic E-state index is 15.5. The lowest BCUT2D eigenvalue weighted by Crippen LogP contribution is -2.68. The fraction of sp³-hybridized carbons (Fsp3) is 0.326. The first kappa shape index (κ1) is 45.9. The molecule has 5 amide bonds. The molecule has 4 saturated heterocycles. The molecule has 22 heteroatoms. The zero-order valence-corrected chi connectivity index (χ0v) is 36.5. The molecule has 3 N–H and O–H groups in total. The van der Waals surface area contributed by atoms with Crippen LogP contribution in [0.5, 0.6) is 0 Å². The number of piperidine rings is 2. The first-order chi connectivity index (χ1) is 30.8. The van der Waals surface area contributed by atoms with Gasteiger partial charge in [0.25, 0.3) is 37.6 Å². The molecule has 15 nitrogen and oxygen atoms in total. The van der Waals surface area contributed by atoms with Crippen molar-refractivity contribution in [3.05, 3.63) is 119 Å². The Morgan fingerprint density at radius 3 is 2.22 bits per heavy atom. The summed E-state index contributed by atoms with van der Waals surface area (Å²) in [5.41, 5.74) is -6.49. The third-order valence-electron chi connectivity index (χ3n) is 11.8. The average molecular weight is 957 g/mol. The molecule has 342 valence electrons. The number of benzene rings is 4. The molecule has 9 rings (SSSR count). The number of fused-ring (bicyclic) bond motifs is 3. The van der Waals surface area contributed by atoms with E-state index in [1.165, 1.54) is 48.2 Å². The van der Waals surface area contributed by atoms with Crippen LogP contribution in [0.25, 0.3) is 0 Å². The van der Waals surface area contributed by atoms with Gasteiger partial charge in [-0.15, -0.1) is 11.8 Å². The van der Waals surface area contributed by atoms with Crippen molar-refractivity contribution in [1.82, 2.24) is 24.7 Å². The Labute approximate surface area is 374 Å². The number of thioether (sulfide) groups is 1. The predicted octanol–water partition coefficient (Wildman–Crippen LogP) is 4.56. The molecule has 65 heavy (non-hydrogen) atoms. The topological polar surface area (TPSA) is 199 Å². The minimum Gasteiger partial charge on any atom is -0.380 e. The molecule has 0 saturated carbocycles. The third kappa shape index (κ3) is 9.40. The zero-order valence-electron chi connectivity index (χ0n) is 34.1. The van der Waals surface area contributed by atoms with Gasteiger partial charge in [0.05, 0.1) is 21.7 Å². The monoisotopic (exact) mass is 956 g/mol. The molecular formula is C43H40F4N6O9S3. The van der Waals surface area contributed by atoms with Crippen LogP contribution >= 0.6 is 11.8 Å². The van der Waals surface area contributed by atoms with E-state index in [4.69, 9.17) is 0 Å². The number of sulfone groups is 1.